The molecule has 1 aliphatic rings. The normalized spacial score (nSPS) is 19.0. The molecule has 3 heterocycles. The number of carbonyl (C=O) groups is 1. The van der Waals surface area contributed by atoms with E-state index in [1.807, 2.05) is 0 Å². The van der Waals surface area contributed by atoms with Gasteiger partial charge in [0.05, 0.1) is 32.2 Å². The van der Waals surface area contributed by atoms with E-state index in [2.05, 4.69) is 15.1 Å². The van der Waals surface area contributed by atoms with Crippen LogP contribution in [0.3, 0.4) is 0 Å². The topological polar surface area (TPSA) is 90.6 Å². The van der Waals surface area contributed by atoms with Crippen molar-refractivity contribution in [2.75, 3.05) is 26.3 Å². The van der Waals surface area contributed by atoms with Crippen molar-refractivity contribution in [3.8, 4) is 5.88 Å². The van der Waals surface area contributed by atoms with Crippen LogP contribution in [-0.4, -0.2) is 58.3 Å². The van der Waals surface area contributed by atoms with Crippen LogP contribution in [0, 0.1) is 0 Å². The summed E-state index contributed by atoms with van der Waals surface area (Å²) in [4.78, 5) is 21.9. The molecule has 21 heavy (non-hydrogen) atoms. The molecule has 0 aliphatic carbocycles. The molecule has 1 amide bonds. The van der Waals surface area contributed by atoms with Gasteiger partial charge in [-0.2, -0.15) is 0 Å². The molecular formula is C13H14N4O4. The van der Waals surface area contributed by atoms with E-state index in [0.717, 1.165) is 0 Å². The standard InChI is InChI=1S/C13H14N4O4/c18-13(11-1-2-16-21-11)17-5-6-19-9-10(8-17)20-12-7-14-3-4-15-12/h1-4,7,10H,5-6,8-9H2. The second kappa shape index (κ2) is 6.31. The number of aromatic nitrogens is 3. The maximum absolute atomic E-state index is 12.3. The molecule has 1 atom stereocenters. The highest BCUT2D eigenvalue weighted by Crippen LogP contribution is 2.12. The largest absolute Gasteiger partial charge is 0.469 e. The molecule has 1 unspecified atom stereocenters. The van der Waals surface area contributed by atoms with E-state index in [-0.39, 0.29) is 17.8 Å². The van der Waals surface area contributed by atoms with Crippen LogP contribution in [0.5, 0.6) is 5.88 Å². The van der Waals surface area contributed by atoms with Crippen LogP contribution in [0.15, 0.2) is 35.4 Å². The minimum atomic E-state index is -0.309. The molecule has 2 aromatic rings. The van der Waals surface area contributed by atoms with Crippen LogP contribution >= 0.6 is 0 Å². The van der Waals surface area contributed by atoms with Crippen LogP contribution in [0.25, 0.3) is 0 Å². The average Bonchev–Trinajstić information content (AvgIpc) is 2.95. The number of hydrogen-bond donors (Lipinski definition) is 0. The SMILES string of the molecule is O=C(c1ccno1)N1CCOCC(Oc2cnccn2)C1. The van der Waals surface area contributed by atoms with Gasteiger partial charge in [-0.05, 0) is 0 Å². The molecule has 0 bridgehead atoms. The molecule has 0 N–H and O–H groups in total. The first-order valence-corrected chi connectivity index (χ1v) is 6.53. The van der Waals surface area contributed by atoms with Gasteiger partial charge in [0.1, 0.15) is 6.10 Å². The lowest BCUT2D eigenvalue weighted by molar-refractivity contribution is 0.0610. The highest BCUT2D eigenvalue weighted by atomic mass is 16.5. The second-order valence-corrected chi connectivity index (χ2v) is 4.49. The highest BCUT2D eigenvalue weighted by molar-refractivity contribution is 5.91. The van der Waals surface area contributed by atoms with Crippen LogP contribution in [0.4, 0.5) is 0 Å². The Kier molecular flexibility index (Phi) is 4.06. The first kappa shape index (κ1) is 13.5. The Morgan fingerprint density at radius 1 is 1.38 bits per heavy atom. The number of carbonyl (C=O) groups excluding carboxylic acids is 1. The Morgan fingerprint density at radius 3 is 3.10 bits per heavy atom. The maximum Gasteiger partial charge on any atom is 0.292 e. The summed E-state index contributed by atoms with van der Waals surface area (Å²) in [6.07, 6.45) is 5.76. The molecule has 1 fully saturated rings. The van der Waals surface area contributed by atoms with E-state index in [1.54, 1.807) is 17.3 Å². The number of nitrogens with zero attached hydrogens (tertiary/aromatic N) is 4. The first-order chi connectivity index (χ1) is 10.3. The van der Waals surface area contributed by atoms with Crippen molar-refractivity contribution < 1.29 is 18.8 Å². The Hall–Kier alpha value is -2.48. The second-order valence-electron chi connectivity index (χ2n) is 4.49. The molecule has 1 saturated heterocycles. The van der Waals surface area contributed by atoms with Crippen molar-refractivity contribution in [1.82, 2.24) is 20.0 Å². The van der Waals surface area contributed by atoms with Gasteiger partial charge in [0.2, 0.25) is 11.6 Å². The van der Waals surface area contributed by atoms with Crippen LogP contribution < -0.4 is 4.74 Å². The third-order valence-corrected chi connectivity index (χ3v) is 3.00. The van der Waals surface area contributed by atoms with E-state index in [0.29, 0.717) is 32.2 Å². The molecular weight excluding hydrogens is 276 g/mol. The number of rotatable bonds is 3. The van der Waals surface area contributed by atoms with E-state index >= 15 is 0 Å². The average molecular weight is 290 g/mol. The van der Waals surface area contributed by atoms with Gasteiger partial charge < -0.3 is 18.9 Å². The van der Waals surface area contributed by atoms with Crippen LogP contribution in [0.1, 0.15) is 10.6 Å². The monoisotopic (exact) mass is 290 g/mol. The van der Waals surface area contributed by atoms with Crippen LogP contribution in [0.2, 0.25) is 0 Å². The predicted molar refractivity (Wildman–Crippen MR) is 69.7 cm³/mol. The zero-order chi connectivity index (χ0) is 14.5. The van der Waals surface area contributed by atoms with Crippen molar-refractivity contribution in [2.45, 2.75) is 6.10 Å². The fourth-order valence-corrected chi connectivity index (χ4v) is 2.03. The van der Waals surface area contributed by atoms with Crippen molar-refractivity contribution in [3.63, 3.8) is 0 Å². The van der Waals surface area contributed by atoms with Crippen molar-refractivity contribution in [3.05, 3.63) is 36.6 Å². The van der Waals surface area contributed by atoms with Gasteiger partial charge in [0.25, 0.3) is 5.91 Å². The van der Waals surface area contributed by atoms with Gasteiger partial charge in [-0.1, -0.05) is 5.16 Å². The van der Waals surface area contributed by atoms with Gasteiger partial charge in [-0.25, -0.2) is 4.98 Å². The number of ether oxygens (including phenoxy) is 2. The molecule has 0 radical (unpaired) electrons. The summed E-state index contributed by atoms with van der Waals surface area (Å²) in [5, 5.41) is 3.55. The smallest absolute Gasteiger partial charge is 0.292 e. The molecule has 3 rings (SSSR count). The fourth-order valence-electron chi connectivity index (χ4n) is 2.03. The van der Waals surface area contributed by atoms with E-state index in [4.69, 9.17) is 14.0 Å². The van der Waals surface area contributed by atoms with Gasteiger partial charge >= 0.3 is 0 Å². The lowest BCUT2D eigenvalue weighted by Gasteiger charge is -2.22. The predicted octanol–water partition coefficient (Wildman–Crippen LogP) is 0.385. The summed E-state index contributed by atoms with van der Waals surface area (Å²) in [6.45, 7) is 1.69. The maximum atomic E-state index is 12.3. The minimum absolute atomic E-state index is 0.204. The molecule has 1 aliphatic heterocycles. The minimum Gasteiger partial charge on any atom is -0.469 e. The summed E-state index contributed by atoms with van der Waals surface area (Å²) >= 11 is 0. The van der Waals surface area contributed by atoms with Gasteiger partial charge in [0.15, 0.2) is 0 Å². The Morgan fingerprint density at radius 2 is 2.33 bits per heavy atom. The van der Waals surface area contributed by atoms with E-state index < -0.39 is 0 Å². The number of hydrogen-bond acceptors (Lipinski definition) is 7. The summed E-state index contributed by atoms with van der Waals surface area (Å²) in [5.41, 5.74) is 0. The summed E-state index contributed by atoms with van der Waals surface area (Å²) in [5.74, 6) is 0.376. The molecule has 0 aromatic carbocycles. The van der Waals surface area contributed by atoms with E-state index in [9.17, 15) is 4.79 Å². The lowest BCUT2D eigenvalue weighted by Crippen LogP contribution is -2.40. The summed E-state index contributed by atoms with van der Waals surface area (Å²) in [7, 11) is 0. The molecule has 110 valence electrons. The molecule has 0 saturated carbocycles. The molecule has 2 aromatic heterocycles. The first-order valence-electron chi connectivity index (χ1n) is 6.53. The third kappa shape index (κ3) is 3.34. The molecule has 8 nitrogen and oxygen atoms in total. The zero-order valence-corrected chi connectivity index (χ0v) is 11.2. The van der Waals surface area contributed by atoms with Crippen molar-refractivity contribution in [2.24, 2.45) is 0 Å². The van der Waals surface area contributed by atoms with Crippen molar-refractivity contribution in [1.29, 1.82) is 0 Å². The Labute approximate surface area is 120 Å². The summed E-state index contributed by atoms with van der Waals surface area (Å²) < 4.78 is 16.1. The Bertz CT molecular complexity index is 575. The van der Waals surface area contributed by atoms with E-state index in [1.165, 1.54) is 18.5 Å². The lowest BCUT2D eigenvalue weighted by atomic mass is 10.3. The zero-order valence-electron chi connectivity index (χ0n) is 11.2. The quantitative estimate of drug-likeness (QED) is 0.807. The molecule has 8 heteroatoms. The van der Waals surface area contributed by atoms with Crippen LogP contribution in [-0.2, 0) is 4.74 Å². The van der Waals surface area contributed by atoms with Gasteiger partial charge in [0, 0.05) is 25.0 Å². The van der Waals surface area contributed by atoms with Gasteiger partial charge in [-0.3, -0.25) is 9.78 Å². The Balaban J connectivity index is 1.67. The summed E-state index contributed by atoms with van der Waals surface area (Å²) in [6, 6.07) is 1.53. The third-order valence-electron chi connectivity index (χ3n) is 3.00. The fraction of sp³-hybridized carbons (Fsp3) is 0.385. The van der Waals surface area contributed by atoms with Crippen molar-refractivity contribution >= 4 is 5.91 Å². The number of amides is 1. The van der Waals surface area contributed by atoms with Gasteiger partial charge in [-0.15, -0.1) is 0 Å². The molecule has 0 spiro atoms. The highest BCUT2D eigenvalue weighted by Gasteiger charge is 2.26.